The van der Waals surface area contributed by atoms with Crippen molar-refractivity contribution in [3.05, 3.63) is 46.5 Å². The van der Waals surface area contributed by atoms with Crippen LogP contribution in [0.3, 0.4) is 0 Å². The second-order valence-corrected chi connectivity index (χ2v) is 4.04. The molecule has 0 saturated carbocycles. The first-order valence-corrected chi connectivity index (χ1v) is 5.41. The van der Waals surface area contributed by atoms with Gasteiger partial charge in [-0.15, -0.1) is 0 Å². The van der Waals surface area contributed by atoms with E-state index in [4.69, 9.17) is 28.9 Å². The first kappa shape index (κ1) is 11.8. The van der Waals surface area contributed by atoms with Crippen molar-refractivity contribution in [3.8, 4) is 11.1 Å². The number of nitrogens with two attached hydrogens (primary N) is 1. The topological polar surface area (TPSA) is 68.9 Å². The molecule has 0 fully saturated rings. The Morgan fingerprint density at radius 1 is 1.24 bits per heavy atom. The maximum atomic E-state index is 11.2. The molecule has 2 N–H and O–H groups in total. The summed E-state index contributed by atoms with van der Waals surface area (Å²) in [5.41, 5.74) is 6.39. The molecule has 1 aromatic carbocycles. The maximum absolute atomic E-state index is 11.2. The molecule has 0 aliphatic carbocycles. The molecule has 86 valence electrons. The number of carbonyl (C=O) groups excluding carboxylic acids is 1. The molecule has 0 radical (unpaired) electrons. The van der Waals surface area contributed by atoms with Crippen LogP contribution in [0.25, 0.3) is 11.1 Å². The van der Waals surface area contributed by atoms with Crippen molar-refractivity contribution in [1.82, 2.24) is 9.97 Å². The lowest BCUT2D eigenvalue weighted by Gasteiger charge is -2.07. The first-order valence-electron chi connectivity index (χ1n) is 4.65. The van der Waals surface area contributed by atoms with E-state index in [1.807, 2.05) is 0 Å². The summed E-state index contributed by atoms with van der Waals surface area (Å²) in [5, 5.41) is 0.731. The molecule has 0 aliphatic heterocycles. The van der Waals surface area contributed by atoms with Crippen molar-refractivity contribution in [1.29, 1.82) is 0 Å². The summed E-state index contributed by atoms with van der Waals surface area (Å²) < 4.78 is 0. The molecule has 0 aliphatic rings. The van der Waals surface area contributed by atoms with E-state index in [1.165, 1.54) is 12.5 Å². The Hall–Kier alpha value is -1.65. The average molecular weight is 268 g/mol. The molecule has 1 heterocycles. The van der Waals surface area contributed by atoms with E-state index >= 15 is 0 Å². The Morgan fingerprint density at radius 2 is 2.00 bits per heavy atom. The zero-order valence-electron chi connectivity index (χ0n) is 8.52. The molecule has 17 heavy (non-hydrogen) atoms. The van der Waals surface area contributed by atoms with Gasteiger partial charge in [-0.1, -0.05) is 35.3 Å². The van der Waals surface area contributed by atoms with Gasteiger partial charge < -0.3 is 5.73 Å². The van der Waals surface area contributed by atoms with Gasteiger partial charge in [-0.2, -0.15) is 0 Å². The predicted molar refractivity (Wildman–Crippen MR) is 66.0 cm³/mol. The van der Waals surface area contributed by atoms with Gasteiger partial charge in [-0.25, -0.2) is 9.97 Å². The number of benzene rings is 1. The van der Waals surface area contributed by atoms with E-state index in [2.05, 4.69) is 9.97 Å². The third-order valence-electron chi connectivity index (χ3n) is 2.19. The van der Waals surface area contributed by atoms with E-state index in [9.17, 15) is 4.79 Å². The van der Waals surface area contributed by atoms with E-state index in [0.717, 1.165) is 0 Å². The van der Waals surface area contributed by atoms with Crippen LogP contribution in [0.2, 0.25) is 10.0 Å². The van der Waals surface area contributed by atoms with E-state index in [0.29, 0.717) is 21.2 Å². The summed E-state index contributed by atoms with van der Waals surface area (Å²) in [4.78, 5) is 18.9. The van der Waals surface area contributed by atoms with Crippen LogP contribution in [0.5, 0.6) is 0 Å². The Labute approximate surface area is 107 Å². The summed E-state index contributed by atoms with van der Waals surface area (Å²) in [6.45, 7) is 0. The highest BCUT2D eigenvalue weighted by Crippen LogP contribution is 2.33. The third kappa shape index (κ3) is 2.23. The Bertz CT molecular complexity index is 587. The van der Waals surface area contributed by atoms with Crippen molar-refractivity contribution in [2.45, 2.75) is 0 Å². The van der Waals surface area contributed by atoms with E-state index in [1.54, 1.807) is 18.2 Å². The highest BCUT2D eigenvalue weighted by Gasteiger charge is 2.15. The van der Waals surface area contributed by atoms with Crippen molar-refractivity contribution < 1.29 is 4.79 Å². The van der Waals surface area contributed by atoms with Crippen LogP contribution >= 0.6 is 23.2 Å². The lowest BCUT2D eigenvalue weighted by atomic mass is 10.1. The van der Waals surface area contributed by atoms with Crippen molar-refractivity contribution >= 4 is 29.1 Å². The van der Waals surface area contributed by atoms with Gasteiger partial charge in [0.2, 0.25) is 0 Å². The van der Waals surface area contributed by atoms with Crippen LogP contribution in [-0.2, 0) is 0 Å². The molecule has 2 aromatic rings. The van der Waals surface area contributed by atoms with Gasteiger partial charge in [-0.05, 0) is 6.07 Å². The van der Waals surface area contributed by atoms with Crippen molar-refractivity contribution in [3.63, 3.8) is 0 Å². The number of carbonyl (C=O) groups is 1. The fourth-order valence-electron chi connectivity index (χ4n) is 1.43. The van der Waals surface area contributed by atoms with Gasteiger partial charge in [0, 0.05) is 17.3 Å². The quantitative estimate of drug-likeness (QED) is 0.909. The zero-order valence-corrected chi connectivity index (χ0v) is 10.0. The molecule has 4 nitrogen and oxygen atoms in total. The molecular weight excluding hydrogens is 261 g/mol. The van der Waals surface area contributed by atoms with Gasteiger partial charge in [0.25, 0.3) is 5.91 Å². The number of amides is 1. The van der Waals surface area contributed by atoms with Gasteiger partial charge in [-0.3, -0.25) is 4.79 Å². The molecule has 0 saturated heterocycles. The Morgan fingerprint density at radius 3 is 2.71 bits per heavy atom. The normalized spacial score (nSPS) is 10.2. The molecule has 0 bridgehead atoms. The van der Waals surface area contributed by atoms with Gasteiger partial charge >= 0.3 is 0 Å². The molecule has 0 spiro atoms. The molecular formula is C11H7Cl2N3O. The fraction of sp³-hybridized carbons (Fsp3) is 0. The minimum atomic E-state index is -0.640. The van der Waals surface area contributed by atoms with Crippen LogP contribution < -0.4 is 5.73 Å². The molecule has 0 unspecified atom stereocenters. The number of halogens is 2. The van der Waals surface area contributed by atoms with Crippen molar-refractivity contribution in [2.75, 3.05) is 0 Å². The highest BCUT2D eigenvalue weighted by molar-refractivity contribution is 6.43. The molecule has 1 aromatic heterocycles. The Balaban J connectivity index is 2.69. The fourth-order valence-corrected chi connectivity index (χ4v) is 1.84. The summed E-state index contributed by atoms with van der Waals surface area (Å²) >= 11 is 12.0. The highest BCUT2D eigenvalue weighted by atomic mass is 35.5. The zero-order chi connectivity index (χ0) is 12.4. The maximum Gasteiger partial charge on any atom is 0.268 e. The van der Waals surface area contributed by atoms with Gasteiger partial charge in [0.05, 0.1) is 10.0 Å². The number of nitrogens with zero attached hydrogens (tertiary/aromatic N) is 2. The number of hydrogen-bond donors (Lipinski definition) is 1. The van der Waals surface area contributed by atoms with Crippen molar-refractivity contribution in [2.24, 2.45) is 5.73 Å². The monoisotopic (exact) mass is 267 g/mol. The number of rotatable bonds is 2. The summed E-state index contributed by atoms with van der Waals surface area (Å²) in [5.74, 6) is -0.640. The first-order chi connectivity index (χ1) is 8.11. The SMILES string of the molecule is NC(=O)c1ncncc1-c1cccc(Cl)c1Cl. The summed E-state index contributed by atoms with van der Waals surface area (Å²) in [7, 11) is 0. The smallest absolute Gasteiger partial charge is 0.268 e. The molecule has 6 heteroatoms. The van der Waals surface area contributed by atoms with E-state index in [-0.39, 0.29) is 5.69 Å². The summed E-state index contributed by atoms with van der Waals surface area (Å²) in [6, 6.07) is 5.10. The minimum Gasteiger partial charge on any atom is -0.364 e. The third-order valence-corrected chi connectivity index (χ3v) is 3.01. The molecule has 2 rings (SSSR count). The number of primary amides is 1. The predicted octanol–water partition coefficient (Wildman–Crippen LogP) is 2.55. The lowest BCUT2D eigenvalue weighted by molar-refractivity contribution is 0.0996. The van der Waals surface area contributed by atoms with Crippen LogP contribution in [-0.4, -0.2) is 15.9 Å². The van der Waals surface area contributed by atoms with Gasteiger partial charge in [0.1, 0.15) is 12.0 Å². The minimum absolute atomic E-state index is 0.115. The van der Waals surface area contributed by atoms with Crippen LogP contribution in [0.1, 0.15) is 10.5 Å². The van der Waals surface area contributed by atoms with E-state index < -0.39 is 5.91 Å². The lowest BCUT2D eigenvalue weighted by Crippen LogP contribution is -2.14. The van der Waals surface area contributed by atoms with Crippen LogP contribution in [0.4, 0.5) is 0 Å². The summed E-state index contributed by atoms with van der Waals surface area (Å²) in [6.07, 6.45) is 2.73. The van der Waals surface area contributed by atoms with Gasteiger partial charge in [0.15, 0.2) is 0 Å². The second kappa shape index (κ2) is 4.69. The molecule has 0 atom stereocenters. The van der Waals surface area contributed by atoms with Crippen LogP contribution in [0, 0.1) is 0 Å². The van der Waals surface area contributed by atoms with Crippen LogP contribution in [0.15, 0.2) is 30.7 Å². The Kier molecular flexibility index (Phi) is 3.26. The molecule has 1 amide bonds. The number of hydrogen-bond acceptors (Lipinski definition) is 3. The largest absolute Gasteiger partial charge is 0.364 e. The standard InChI is InChI=1S/C11H7Cl2N3O/c12-8-3-1-2-6(9(8)13)7-4-15-5-16-10(7)11(14)17/h1-5H,(H2,14,17). The number of aromatic nitrogens is 2. The average Bonchev–Trinajstić information content (AvgIpc) is 2.33. The second-order valence-electron chi connectivity index (χ2n) is 3.25.